The van der Waals surface area contributed by atoms with Crippen molar-refractivity contribution >= 4 is 0 Å². The van der Waals surface area contributed by atoms with Crippen molar-refractivity contribution in [3.63, 3.8) is 0 Å². The summed E-state index contributed by atoms with van der Waals surface area (Å²) in [6.07, 6.45) is 4.96. The van der Waals surface area contributed by atoms with Crippen LogP contribution >= 0.6 is 0 Å². The molecule has 0 atom stereocenters. The van der Waals surface area contributed by atoms with E-state index in [1.807, 2.05) is 19.1 Å². The molecule has 16 heavy (non-hydrogen) atoms. The average Bonchev–Trinajstić information content (AvgIpc) is 2.31. The lowest BCUT2D eigenvalue weighted by Crippen LogP contribution is -2.15. The molecule has 0 amide bonds. The predicted molar refractivity (Wildman–Crippen MR) is 62.3 cm³/mol. The van der Waals surface area contributed by atoms with Crippen molar-refractivity contribution in [1.82, 2.24) is 5.32 Å². The van der Waals surface area contributed by atoms with Gasteiger partial charge in [-0.1, -0.05) is 12.2 Å². The van der Waals surface area contributed by atoms with Gasteiger partial charge in [-0.3, -0.25) is 0 Å². The molecular formula is C13H15FN2. The van der Waals surface area contributed by atoms with E-state index in [-0.39, 0.29) is 5.82 Å². The van der Waals surface area contributed by atoms with Crippen LogP contribution in [0.4, 0.5) is 4.39 Å². The van der Waals surface area contributed by atoms with Crippen LogP contribution in [0, 0.1) is 17.1 Å². The molecule has 0 unspecified atom stereocenters. The maximum atomic E-state index is 13.3. The Bertz CT molecular complexity index is 405. The summed E-state index contributed by atoms with van der Waals surface area (Å²) in [4.78, 5) is 0. The second kappa shape index (κ2) is 6.76. The van der Waals surface area contributed by atoms with Crippen molar-refractivity contribution in [3.05, 3.63) is 47.3 Å². The molecule has 0 saturated carbocycles. The van der Waals surface area contributed by atoms with Crippen LogP contribution in [0.15, 0.2) is 30.4 Å². The van der Waals surface area contributed by atoms with Gasteiger partial charge in [-0.2, -0.15) is 5.26 Å². The molecule has 1 aromatic carbocycles. The second-order valence-electron chi connectivity index (χ2n) is 3.45. The van der Waals surface area contributed by atoms with E-state index in [2.05, 4.69) is 11.4 Å². The molecule has 0 heterocycles. The Kier molecular flexibility index (Phi) is 5.24. The van der Waals surface area contributed by atoms with Crippen LogP contribution in [0.25, 0.3) is 0 Å². The van der Waals surface area contributed by atoms with Gasteiger partial charge in [0.15, 0.2) is 0 Å². The van der Waals surface area contributed by atoms with Gasteiger partial charge >= 0.3 is 0 Å². The van der Waals surface area contributed by atoms with E-state index in [0.717, 1.165) is 13.0 Å². The summed E-state index contributed by atoms with van der Waals surface area (Å²) in [5, 5.41) is 11.8. The maximum Gasteiger partial charge on any atom is 0.127 e. The number of benzene rings is 1. The fourth-order valence-corrected chi connectivity index (χ4v) is 1.35. The number of hydrogen-bond donors (Lipinski definition) is 1. The molecule has 0 aromatic heterocycles. The number of nitrogens with one attached hydrogen (secondary N) is 1. The fourth-order valence-electron chi connectivity index (χ4n) is 1.35. The summed E-state index contributed by atoms with van der Waals surface area (Å²) in [5.41, 5.74) is 1.03. The largest absolute Gasteiger partial charge is 0.312 e. The van der Waals surface area contributed by atoms with Crippen LogP contribution in [0.2, 0.25) is 0 Å². The summed E-state index contributed by atoms with van der Waals surface area (Å²) in [6.45, 7) is 3.23. The highest BCUT2D eigenvalue weighted by molar-refractivity contribution is 5.33. The van der Waals surface area contributed by atoms with Crippen LogP contribution in [0.1, 0.15) is 24.5 Å². The highest BCUT2D eigenvalue weighted by Gasteiger charge is 2.02. The lowest BCUT2D eigenvalue weighted by Gasteiger charge is -2.05. The first-order valence-electron chi connectivity index (χ1n) is 5.28. The molecule has 84 valence electrons. The van der Waals surface area contributed by atoms with E-state index in [1.54, 1.807) is 6.07 Å². The normalized spacial score (nSPS) is 10.6. The van der Waals surface area contributed by atoms with Crippen molar-refractivity contribution < 1.29 is 4.39 Å². The van der Waals surface area contributed by atoms with Gasteiger partial charge in [0.2, 0.25) is 0 Å². The molecule has 3 heteroatoms. The Labute approximate surface area is 95.4 Å². The van der Waals surface area contributed by atoms with Gasteiger partial charge in [0, 0.05) is 12.1 Å². The summed E-state index contributed by atoms with van der Waals surface area (Å²) in [5.74, 6) is -0.266. The molecule has 0 bridgehead atoms. The Morgan fingerprint density at radius 2 is 2.31 bits per heavy atom. The molecule has 0 spiro atoms. The van der Waals surface area contributed by atoms with E-state index in [1.165, 1.54) is 12.1 Å². The van der Waals surface area contributed by atoms with Gasteiger partial charge in [-0.25, -0.2) is 4.39 Å². The molecule has 1 rings (SSSR count). The summed E-state index contributed by atoms with van der Waals surface area (Å²) < 4.78 is 13.3. The monoisotopic (exact) mass is 218 g/mol. The van der Waals surface area contributed by atoms with Crippen molar-refractivity contribution in [3.8, 4) is 6.07 Å². The van der Waals surface area contributed by atoms with E-state index < -0.39 is 0 Å². The van der Waals surface area contributed by atoms with Crippen LogP contribution in [-0.4, -0.2) is 6.54 Å². The summed E-state index contributed by atoms with van der Waals surface area (Å²) >= 11 is 0. The molecule has 0 aliphatic carbocycles. The quantitative estimate of drug-likeness (QED) is 0.609. The molecule has 0 radical (unpaired) electrons. The first-order chi connectivity index (χ1) is 7.77. The van der Waals surface area contributed by atoms with Crippen LogP contribution < -0.4 is 5.32 Å². The highest BCUT2D eigenvalue weighted by Crippen LogP contribution is 2.09. The first kappa shape index (κ1) is 12.4. The van der Waals surface area contributed by atoms with Crippen LogP contribution in [0.5, 0.6) is 0 Å². The van der Waals surface area contributed by atoms with Crippen LogP contribution in [-0.2, 0) is 6.54 Å². The molecule has 0 fully saturated rings. The topological polar surface area (TPSA) is 35.8 Å². The minimum absolute atomic E-state index is 0.266. The van der Waals surface area contributed by atoms with Crippen molar-refractivity contribution in [2.24, 2.45) is 0 Å². The van der Waals surface area contributed by atoms with Gasteiger partial charge in [0.25, 0.3) is 0 Å². The molecule has 0 aliphatic rings. The number of nitriles is 1. The van der Waals surface area contributed by atoms with Crippen molar-refractivity contribution in [1.29, 1.82) is 5.26 Å². The lowest BCUT2D eigenvalue weighted by molar-refractivity contribution is 0.589. The minimum Gasteiger partial charge on any atom is -0.312 e. The SMILES string of the molecule is C/C=C/CCNCc1cc(C#N)ccc1F. The zero-order valence-electron chi connectivity index (χ0n) is 9.33. The van der Waals surface area contributed by atoms with Gasteiger partial charge in [0.05, 0.1) is 11.6 Å². The molecule has 0 aliphatic heterocycles. The Morgan fingerprint density at radius 1 is 1.50 bits per heavy atom. The Hall–Kier alpha value is -1.66. The Morgan fingerprint density at radius 3 is 3.00 bits per heavy atom. The van der Waals surface area contributed by atoms with Gasteiger partial charge < -0.3 is 5.32 Å². The number of allylic oxidation sites excluding steroid dienone is 1. The van der Waals surface area contributed by atoms with Crippen molar-refractivity contribution in [2.45, 2.75) is 19.9 Å². The average molecular weight is 218 g/mol. The number of hydrogen-bond acceptors (Lipinski definition) is 2. The molecule has 0 saturated heterocycles. The highest BCUT2D eigenvalue weighted by atomic mass is 19.1. The molecule has 1 aromatic rings. The van der Waals surface area contributed by atoms with Crippen LogP contribution in [0.3, 0.4) is 0 Å². The van der Waals surface area contributed by atoms with Crippen molar-refractivity contribution in [2.75, 3.05) is 6.54 Å². The Balaban J connectivity index is 2.50. The maximum absolute atomic E-state index is 13.3. The smallest absolute Gasteiger partial charge is 0.127 e. The molecule has 1 N–H and O–H groups in total. The van der Waals surface area contributed by atoms with Gasteiger partial charge in [-0.05, 0) is 38.1 Å². The van der Waals surface area contributed by atoms with Gasteiger partial charge in [-0.15, -0.1) is 0 Å². The third kappa shape index (κ3) is 3.84. The standard InChI is InChI=1S/C13H15FN2/c1-2-3-4-7-16-10-12-8-11(9-15)5-6-13(12)14/h2-3,5-6,8,16H,4,7,10H2,1H3/b3-2+. The minimum atomic E-state index is -0.266. The van der Waals surface area contributed by atoms with E-state index in [0.29, 0.717) is 17.7 Å². The third-order valence-corrected chi connectivity index (χ3v) is 2.21. The van der Waals surface area contributed by atoms with E-state index >= 15 is 0 Å². The lowest BCUT2D eigenvalue weighted by atomic mass is 10.1. The molecular weight excluding hydrogens is 203 g/mol. The third-order valence-electron chi connectivity index (χ3n) is 2.21. The number of halogens is 1. The molecule has 2 nitrogen and oxygen atoms in total. The fraction of sp³-hybridized carbons (Fsp3) is 0.308. The van der Waals surface area contributed by atoms with E-state index in [4.69, 9.17) is 5.26 Å². The first-order valence-corrected chi connectivity index (χ1v) is 5.28. The zero-order valence-corrected chi connectivity index (χ0v) is 9.33. The number of nitrogens with zero attached hydrogens (tertiary/aromatic N) is 1. The number of rotatable bonds is 5. The second-order valence-corrected chi connectivity index (χ2v) is 3.45. The summed E-state index contributed by atoms with van der Waals surface area (Å²) in [6, 6.07) is 6.40. The summed E-state index contributed by atoms with van der Waals surface area (Å²) in [7, 11) is 0. The van der Waals surface area contributed by atoms with Gasteiger partial charge in [0.1, 0.15) is 5.82 Å². The van der Waals surface area contributed by atoms with E-state index in [9.17, 15) is 4.39 Å². The zero-order chi connectivity index (χ0) is 11.8. The predicted octanol–water partition coefficient (Wildman–Crippen LogP) is 2.75.